The summed E-state index contributed by atoms with van der Waals surface area (Å²) in [6.45, 7) is 1.24. The zero-order valence-electron chi connectivity index (χ0n) is 13.9. The molecule has 1 aliphatic carbocycles. The van der Waals surface area contributed by atoms with E-state index in [2.05, 4.69) is 15.6 Å². The molecule has 0 saturated heterocycles. The molecule has 0 unspecified atom stereocenters. The zero-order valence-corrected chi connectivity index (χ0v) is 13.9. The van der Waals surface area contributed by atoms with Crippen molar-refractivity contribution in [3.8, 4) is 0 Å². The van der Waals surface area contributed by atoms with E-state index >= 15 is 0 Å². The van der Waals surface area contributed by atoms with Crippen molar-refractivity contribution in [1.82, 2.24) is 10.3 Å². The minimum atomic E-state index is -0.174. The van der Waals surface area contributed by atoms with E-state index < -0.39 is 0 Å². The van der Waals surface area contributed by atoms with E-state index in [-0.39, 0.29) is 11.5 Å². The Morgan fingerprint density at radius 1 is 1.25 bits per heavy atom. The van der Waals surface area contributed by atoms with E-state index in [0.717, 1.165) is 30.6 Å². The van der Waals surface area contributed by atoms with Crippen LogP contribution in [0.1, 0.15) is 35.3 Å². The van der Waals surface area contributed by atoms with Crippen LogP contribution in [0.2, 0.25) is 0 Å². The molecule has 2 aromatic rings. The van der Waals surface area contributed by atoms with Crippen LogP contribution in [0.25, 0.3) is 0 Å². The van der Waals surface area contributed by atoms with Crippen molar-refractivity contribution >= 4 is 11.6 Å². The lowest BCUT2D eigenvalue weighted by atomic mass is 9.80. The van der Waals surface area contributed by atoms with Gasteiger partial charge in [0.05, 0.1) is 5.60 Å². The number of amides is 1. The van der Waals surface area contributed by atoms with Crippen LogP contribution >= 0.6 is 0 Å². The van der Waals surface area contributed by atoms with Crippen molar-refractivity contribution in [3.05, 3.63) is 59.9 Å². The van der Waals surface area contributed by atoms with Crippen LogP contribution in [0.4, 0.5) is 5.69 Å². The van der Waals surface area contributed by atoms with E-state index in [1.807, 2.05) is 36.4 Å². The molecule has 3 rings (SSSR count). The van der Waals surface area contributed by atoms with Crippen LogP contribution in [0.5, 0.6) is 0 Å². The summed E-state index contributed by atoms with van der Waals surface area (Å²) in [5.41, 5.74) is 2.31. The van der Waals surface area contributed by atoms with Crippen LogP contribution in [-0.2, 0) is 11.3 Å². The number of nitrogens with zero attached hydrogens (tertiary/aromatic N) is 1. The van der Waals surface area contributed by atoms with Crippen LogP contribution in [-0.4, -0.2) is 30.1 Å². The van der Waals surface area contributed by atoms with Crippen molar-refractivity contribution in [3.63, 3.8) is 0 Å². The maximum atomic E-state index is 12.3. The summed E-state index contributed by atoms with van der Waals surface area (Å²) in [5, 5.41) is 6.26. The van der Waals surface area contributed by atoms with Gasteiger partial charge in [0.2, 0.25) is 0 Å². The van der Waals surface area contributed by atoms with E-state index in [1.54, 1.807) is 19.4 Å². The average molecular weight is 325 g/mol. The number of rotatable bonds is 7. The Morgan fingerprint density at radius 3 is 2.71 bits per heavy atom. The summed E-state index contributed by atoms with van der Waals surface area (Å²) in [6, 6.07) is 13.5. The van der Waals surface area contributed by atoms with E-state index in [1.165, 1.54) is 6.42 Å². The van der Waals surface area contributed by atoms with Crippen molar-refractivity contribution < 1.29 is 9.53 Å². The van der Waals surface area contributed by atoms with Crippen molar-refractivity contribution in [1.29, 1.82) is 0 Å². The fraction of sp³-hybridized carbons (Fsp3) is 0.368. The number of hydrogen-bond acceptors (Lipinski definition) is 4. The van der Waals surface area contributed by atoms with Crippen LogP contribution in [0, 0.1) is 0 Å². The van der Waals surface area contributed by atoms with Gasteiger partial charge in [-0.25, -0.2) is 0 Å². The van der Waals surface area contributed by atoms with E-state index in [9.17, 15) is 4.79 Å². The largest absolute Gasteiger partial charge is 0.382 e. The molecule has 5 heteroatoms. The molecule has 0 spiro atoms. The van der Waals surface area contributed by atoms with Crippen LogP contribution in [0.15, 0.2) is 48.7 Å². The molecule has 5 nitrogen and oxygen atoms in total. The molecule has 1 aliphatic rings. The minimum Gasteiger partial charge on any atom is -0.382 e. The fourth-order valence-corrected chi connectivity index (χ4v) is 2.82. The topological polar surface area (TPSA) is 63.2 Å². The average Bonchev–Trinajstić information content (AvgIpc) is 2.60. The Bertz CT molecular complexity index is 679. The molecule has 24 heavy (non-hydrogen) atoms. The number of benzene rings is 1. The number of aromatic nitrogens is 1. The number of nitrogens with one attached hydrogen (secondary N) is 2. The molecule has 0 atom stereocenters. The monoisotopic (exact) mass is 325 g/mol. The summed E-state index contributed by atoms with van der Waals surface area (Å²) in [7, 11) is 1.76. The van der Waals surface area contributed by atoms with Gasteiger partial charge in [-0.05, 0) is 37.0 Å². The highest BCUT2D eigenvalue weighted by Crippen LogP contribution is 2.35. The first-order chi connectivity index (χ1) is 11.7. The molecule has 0 aliphatic heterocycles. The van der Waals surface area contributed by atoms with Crippen molar-refractivity contribution in [2.75, 3.05) is 19.0 Å². The Morgan fingerprint density at radius 2 is 2.04 bits per heavy atom. The molecule has 0 bridgehead atoms. The predicted octanol–water partition coefficient (Wildman–Crippen LogP) is 2.99. The highest BCUT2D eigenvalue weighted by Gasteiger charge is 2.36. The second kappa shape index (κ2) is 7.45. The first-order valence-electron chi connectivity index (χ1n) is 8.28. The molecule has 0 radical (unpaired) electrons. The first kappa shape index (κ1) is 16.5. The van der Waals surface area contributed by atoms with Gasteiger partial charge in [-0.3, -0.25) is 9.78 Å². The molecule has 1 aromatic heterocycles. The van der Waals surface area contributed by atoms with Gasteiger partial charge in [0, 0.05) is 32.1 Å². The van der Waals surface area contributed by atoms with Gasteiger partial charge in [-0.2, -0.15) is 0 Å². The lowest BCUT2D eigenvalue weighted by Crippen LogP contribution is -2.45. The second-order valence-corrected chi connectivity index (χ2v) is 6.19. The summed E-state index contributed by atoms with van der Waals surface area (Å²) < 4.78 is 5.60. The first-order valence-corrected chi connectivity index (χ1v) is 8.28. The number of carbonyl (C=O) groups excluding carboxylic acids is 1. The molecule has 1 saturated carbocycles. The second-order valence-electron chi connectivity index (χ2n) is 6.19. The maximum absolute atomic E-state index is 12.3. The SMILES string of the molecule is COC1(CNc2ccnc(C(=O)NCc3ccccc3)c2)CCC1. The number of methoxy groups -OCH3 is 1. The lowest BCUT2D eigenvalue weighted by Gasteiger charge is -2.40. The summed E-state index contributed by atoms with van der Waals surface area (Å²) in [6.07, 6.45) is 5.01. The molecule has 1 fully saturated rings. The standard InChI is InChI=1S/C19H23N3O2/c1-24-19(9-5-10-19)14-22-16-8-11-20-17(12-16)18(23)21-13-15-6-3-2-4-7-15/h2-4,6-8,11-12H,5,9-10,13-14H2,1H3,(H,20,22)(H,21,23). The minimum absolute atomic E-state index is 0.0565. The van der Waals surface area contributed by atoms with Gasteiger partial charge in [0.1, 0.15) is 5.69 Å². The third-order valence-electron chi connectivity index (χ3n) is 4.60. The summed E-state index contributed by atoms with van der Waals surface area (Å²) in [4.78, 5) is 16.4. The maximum Gasteiger partial charge on any atom is 0.270 e. The molecular weight excluding hydrogens is 302 g/mol. The number of pyridine rings is 1. The lowest BCUT2D eigenvalue weighted by molar-refractivity contribution is -0.0601. The fourth-order valence-electron chi connectivity index (χ4n) is 2.82. The molecule has 1 aromatic carbocycles. The Kier molecular flexibility index (Phi) is 5.11. The van der Waals surface area contributed by atoms with Gasteiger partial charge >= 0.3 is 0 Å². The number of carbonyl (C=O) groups is 1. The molecular formula is C19H23N3O2. The summed E-state index contributed by atoms with van der Waals surface area (Å²) in [5.74, 6) is -0.174. The van der Waals surface area contributed by atoms with Crippen LogP contribution in [0.3, 0.4) is 0 Å². The Labute approximate surface area is 142 Å². The number of anilines is 1. The van der Waals surface area contributed by atoms with Crippen molar-refractivity contribution in [2.24, 2.45) is 0 Å². The third kappa shape index (κ3) is 3.92. The van der Waals surface area contributed by atoms with Gasteiger partial charge in [0.25, 0.3) is 5.91 Å². The number of ether oxygens (including phenoxy) is 1. The predicted molar refractivity (Wildman–Crippen MR) is 93.9 cm³/mol. The smallest absolute Gasteiger partial charge is 0.270 e. The van der Waals surface area contributed by atoms with E-state index in [4.69, 9.17) is 4.74 Å². The third-order valence-corrected chi connectivity index (χ3v) is 4.60. The normalized spacial score (nSPS) is 15.4. The van der Waals surface area contributed by atoms with Crippen LogP contribution < -0.4 is 10.6 Å². The Balaban J connectivity index is 1.57. The van der Waals surface area contributed by atoms with Gasteiger partial charge < -0.3 is 15.4 Å². The van der Waals surface area contributed by atoms with Crippen molar-refractivity contribution in [2.45, 2.75) is 31.4 Å². The molecule has 1 amide bonds. The highest BCUT2D eigenvalue weighted by molar-refractivity contribution is 5.93. The summed E-state index contributed by atoms with van der Waals surface area (Å²) >= 11 is 0. The number of hydrogen-bond donors (Lipinski definition) is 2. The molecule has 126 valence electrons. The van der Waals surface area contributed by atoms with Gasteiger partial charge in [0.15, 0.2) is 0 Å². The zero-order chi connectivity index (χ0) is 16.8. The Hall–Kier alpha value is -2.40. The molecule has 1 heterocycles. The highest BCUT2D eigenvalue weighted by atomic mass is 16.5. The quantitative estimate of drug-likeness (QED) is 0.821. The van der Waals surface area contributed by atoms with Gasteiger partial charge in [-0.1, -0.05) is 30.3 Å². The molecule has 2 N–H and O–H groups in total. The van der Waals surface area contributed by atoms with Gasteiger partial charge in [-0.15, -0.1) is 0 Å². The van der Waals surface area contributed by atoms with E-state index in [0.29, 0.717) is 12.2 Å².